The Labute approximate surface area is 177 Å². The fourth-order valence-electron chi connectivity index (χ4n) is 3.29. The molecule has 0 unspecified atom stereocenters. The van der Waals surface area contributed by atoms with Gasteiger partial charge in [0.2, 0.25) is 5.91 Å². The lowest BCUT2D eigenvalue weighted by Crippen LogP contribution is -2.25. The summed E-state index contributed by atoms with van der Waals surface area (Å²) in [4.78, 5) is 19.5. The molecule has 8 nitrogen and oxygen atoms in total. The minimum absolute atomic E-state index is 0.0753. The predicted octanol–water partition coefficient (Wildman–Crippen LogP) is 2.62. The number of nitrogens with one attached hydrogen (secondary N) is 1. The lowest BCUT2D eigenvalue weighted by molar-refractivity contribution is -0.115. The smallest absolute Gasteiger partial charge is 0.266 e. The van der Waals surface area contributed by atoms with Gasteiger partial charge in [0, 0.05) is 19.2 Å². The first kappa shape index (κ1) is 20.4. The number of benzene rings is 1. The van der Waals surface area contributed by atoms with Crippen LogP contribution >= 0.6 is 0 Å². The Bertz CT molecular complexity index is 1100. The highest BCUT2D eigenvalue weighted by atomic mass is 19.3. The SMILES string of the molecule is N#Cc1ccc(Cn2ncc(NC(=O)Cc3ccc(N4CCC(F)(F)C4)nc3)n2)cc1. The van der Waals surface area contributed by atoms with Crippen molar-refractivity contribution in [3.63, 3.8) is 0 Å². The molecule has 0 aliphatic carbocycles. The van der Waals surface area contributed by atoms with Crippen molar-refractivity contribution in [1.29, 1.82) is 5.26 Å². The number of nitriles is 1. The third-order valence-electron chi connectivity index (χ3n) is 4.88. The van der Waals surface area contributed by atoms with E-state index in [1.165, 1.54) is 22.1 Å². The maximum atomic E-state index is 13.3. The van der Waals surface area contributed by atoms with Gasteiger partial charge in [0.05, 0.1) is 37.3 Å². The lowest BCUT2D eigenvalue weighted by Gasteiger charge is -2.17. The van der Waals surface area contributed by atoms with Gasteiger partial charge in [0.1, 0.15) is 5.82 Å². The zero-order chi connectivity index (χ0) is 21.8. The van der Waals surface area contributed by atoms with Crippen molar-refractivity contribution in [2.24, 2.45) is 0 Å². The molecule has 1 amide bonds. The Morgan fingerprint density at radius 2 is 1.94 bits per heavy atom. The zero-order valence-corrected chi connectivity index (χ0v) is 16.5. The normalized spacial score (nSPS) is 14.9. The molecular formula is C21H19F2N7O. The van der Waals surface area contributed by atoms with Gasteiger partial charge in [-0.1, -0.05) is 18.2 Å². The molecule has 1 saturated heterocycles. The molecule has 10 heteroatoms. The molecule has 0 saturated carbocycles. The fourth-order valence-corrected chi connectivity index (χ4v) is 3.29. The molecule has 1 aromatic carbocycles. The second-order valence-electron chi connectivity index (χ2n) is 7.35. The van der Waals surface area contributed by atoms with E-state index in [4.69, 9.17) is 5.26 Å². The molecule has 158 valence electrons. The van der Waals surface area contributed by atoms with Gasteiger partial charge < -0.3 is 10.2 Å². The summed E-state index contributed by atoms with van der Waals surface area (Å²) in [5.41, 5.74) is 2.16. The monoisotopic (exact) mass is 423 g/mol. The van der Waals surface area contributed by atoms with Gasteiger partial charge in [0.25, 0.3) is 5.92 Å². The summed E-state index contributed by atoms with van der Waals surface area (Å²) < 4.78 is 26.7. The number of aromatic nitrogens is 4. The number of rotatable bonds is 6. The average Bonchev–Trinajstić information content (AvgIpc) is 3.34. The van der Waals surface area contributed by atoms with Crippen molar-refractivity contribution in [3.05, 3.63) is 65.5 Å². The highest BCUT2D eigenvalue weighted by Crippen LogP contribution is 2.29. The molecule has 3 aromatic rings. The van der Waals surface area contributed by atoms with E-state index >= 15 is 0 Å². The molecule has 0 atom stereocenters. The van der Waals surface area contributed by atoms with Gasteiger partial charge in [-0.15, -0.1) is 5.10 Å². The molecule has 2 aromatic heterocycles. The number of hydrogen-bond donors (Lipinski definition) is 1. The van der Waals surface area contributed by atoms with Crippen LogP contribution in [-0.2, 0) is 17.8 Å². The lowest BCUT2D eigenvalue weighted by atomic mass is 10.1. The van der Waals surface area contributed by atoms with Crippen molar-refractivity contribution >= 4 is 17.5 Å². The summed E-state index contributed by atoms with van der Waals surface area (Å²) >= 11 is 0. The van der Waals surface area contributed by atoms with E-state index in [2.05, 4.69) is 26.6 Å². The quantitative estimate of drug-likeness (QED) is 0.654. The van der Waals surface area contributed by atoms with Crippen LogP contribution in [0.2, 0.25) is 0 Å². The molecule has 0 bridgehead atoms. The molecular weight excluding hydrogens is 404 g/mol. The predicted molar refractivity (Wildman–Crippen MR) is 109 cm³/mol. The zero-order valence-electron chi connectivity index (χ0n) is 16.5. The number of hydrogen-bond acceptors (Lipinski definition) is 6. The first-order valence-corrected chi connectivity index (χ1v) is 9.67. The summed E-state index contributed by atoms with van der Waals surface area (Å²) in [6.07, 6.45) is 2.88. The van der Waals surface area contributed by atoms with Crippen LogP contribution in [0, 0.1) is 11.3 Å². The standard InChI is InChI=1S/C21H19F2N7O/c22-21(23)7-8-29(14-21)19-6-5-17(11-25-19)9-20(31)27-18-12-26-30(28-18)13-16-3-1-15(10-24)2-4-16/h1-6,11-12H,7-9,13-14H2,(H,27,28,31). The highest BCUT2D eigenvalue weighted by molar-refractivity contribution is 5.91. The minimum atomic E-state index is -2.68. The van der Waals surface area contributed by atoms with Crippen molar-refractivity contribution < 1.29 is 13.6 Å². The van der Waals surface area contributed by atoms with Crippen molar-refractivity contribution in [2.45, 2.75) is 25.3 Å². The Balaban J connectivity index is 1.30. The molecule has 0 spiro atoms. The number of halogens is 2. The second-order valence-corrected chi connectivity index (χ2v) is 7.35. The Morgan fingerprint density at radius 1 is 1.16 bits per heavy atom. The van der Waals surface area contributed by atoms with E-state index in [1.807, 2.05) is 12.1 Å². The van der Waals surface area contributed by atoms with Gasteiger partial charge in [-0.25, -0.2) is 13.8 Å². The number of carbonyl (C=O) groups is 1. The van der Waals surface area contributed by atoms with Crippen LogP contribution in [0.5, 0.6) is 0 Å². The van der Waals surface area contributed by atoms with E-state index in [0.717, 1.165) is 5.56 Å². The molecule has 1 fully saturated rings. The third-order valence-corrected chi connectivity index (χ3v) is 4.88. The van der Waals surface area contributed by atoms with E-state index < -0.39 is 5.92 Å². The van der Waals surface area contributed by atoms with E-state index in [0.29, 0.717) is 29.3 Å². The number of nitrogens with zero attached hydrogens (tertiary/aromatic N) is 6. The first-order valence-electron chi connectivity index (χ1n) is 9.67. The van der Waals surface area contributed by atoms with E-state index in [1.54, 1.807) is 24.3 Å². The Morgan fingerprint density at radius 3 is 2.58 bits per heavy atom. The summed E-state index contributed by atoms with van der Waals surface area (Å²) in [7, 11) is 0. The summed E-state index contributed by atoms with van der Waals surface area (Å²) in [6, 6.07) is 12.5. The molecule has 3 heterocycles. The van der Waals surface area contributed by atoms with Crippen LogP contribution in [0.1, 0.15) is 23.1 Å². The Kier molecular flexibility index (Phi) is 5.58. The van der Waals surface area contributed by atoms with Crippen LogP contribution in [0.25, 0.3) is 0 Å². The van der Waals surface area contributed by atoms with E-state index in [-0.39, 0.29) is 31.8 Å². The molecule has 4 rings (SSSR count). The molecule has 1 aliphatic heterocycles. The number of pyridine rings is 1. The van der Waals surface area contributed by atoms with Crippen LogP contribution in [0.4, 0.5) is 20.4 Å². The van der Waals surface area contributed by atoms with Gasteiger partial charge >= 0.3 is 0 Å². The molecule has 31 heavy (non-hydrogen) atoms. The maximum Gasteiger partial charge on any atom is 0.266 e. The summed E-state index contributed by atoms with van der Waals surface area (Å²) in [5.74, 6) is -2.17. The second kappa shape index (κ2) is 8.47. The van der Waals surface area contributed by atoms with Crippen LogP contribution in [0.15, 0.2) is 48.8 Å². The van der Waals surface area contributed by atoms with Crippen LogP contribution in [-0.4, -0.2) is 44.9 Å². The Hall–Kier alpha value is -3.87. The first-order chi connectivity index (χ1) is 14.9. The topological polar surface area (TPSA) is 99.7 Å². The third kappa shape index (κ3) is 5.19. The summed E-state index contributed by atoms with van der Waals surface area (Å²) in [5, 5.41) is 19.9. The molecule has 0 radical (unpaired) electrons. The van der Waals surface area contributed by atoms with Crippen molar-refractivity contribution in [2.75, 3.05) is 23.3 Å². The van der Waals surface area contributed by atoms with Gasteiger partial charge in [-0.3, -0.25) is 4.79 Å². The van der Waals surface area contributed by atoms with Crippen molar-refractivity contribution in [3.8, 4) is 6.07 Å². The largest absolute Gasteiger partial charge is 0.350 e. The molecule has 1 aliphatic rings. The number of amides is 1. The van der Waals surface area contributed by atoms with Crippen LogP contribution in [0.3, 0.4) is 0 Å². The van der Waals surface area contributed by atoms with Crippen LogP contribution < -0.4 is 10.2 Å². The van der Waals surface area contributed by atoms with Gasteiger partial charge in [-0.05, 0) is 29.3 Å². The fraction of sp³-hybridized carbons (Fsp3) is 0.286. The van der Waals surface area contributed by atoms with E-state index in [9.17, 15) is 13.6 Å². The minimum Gasteiger partial charge on any atom is -0.350 e. The average molecular weight is 423 g/mol. The molecule has 1 N–H and O–H groups in total. The van der Waals surface area contributed by atoms with Gasteiger partial charge in [-0.2, -0.15) is 15.2 Å². The maximum absolute atomic E-state index is 13.3. The van der Waals surface area contributed by atoms with Crippen molar-refractivity contribution in [1.82, 2.24) is 20.0 Å². The number of anilines is 2. The highest BCUT2D eigenvalue weighted by Gasteiger charge is 2.38. The number of alkyl halides is 2. The number of carbonyl (C=O) groups excluding carboxylic acids is 1. The van der Waals surface area contributed by atoms with Gasteiger partial charge in [0.15, 0.2) is 5.82 Å². The summed E-state index contributed by atoms with van der Waals surface area (Å²) in [6.45, 7) is 0.332.